The van der Waals surface area contributed by atoms with Crippen LogP contribution >= 0.6 is 11.6 Å². The molecular weight excluding hydrogens is 424 g/mol. The number of methoxy groups -OCH3 is 1. The number of amides is 1. The van der Waals surface area contributed by atoms with Crippen molar-refractivity contribution < 1.29 is 17.9 Å². The van der Waals surface area contributed by atoms with Gasteiger partial charge in [0.05, 0.1) is 28.3 Å². The molecule has 2 N–H and O–H groups in total. The van der Waals surface area contributed by atoms with Gasteiger partial charge in [-0.1, -0.05) is 41.4 Å². The van der Waals surface area contributed by atoms with E-state index in [4.69, 9.17) is 16.3 Å². The third kappa shape index (κ3) is 5.31. The van der Waals surface area contributed by atoms with Gasteiger partial charge in [0.2, 0.25) is 0 Å². The van der Waals surface area contributed by atoms with Crippen LogP contribution in [0.4, 0.5) is 5.69 Å². The monoisotopic (exact) mass is 444 g/mol. The summed E-state index contributed by atoms with van der Waals surface area (Å²) in [4.78, 5) is 12.5. The zero-order valence-electron chi connectivity index (χ0n) is 16.5. The number of nitrogens with one attached hydrogen (secondary N) is 2. The first-order valence-electron chi connectivity index (χ1n) is 9.08. The zero-order valence-corrected chi connectivity index (χ0v) is 18.0. The molecule has 0 aliphatic heterocycles. The van der Waals surface area contributed by atoms with E-state index in [0.29, 0.717) is 12.3 Å². The molecule has 6 nitrogen and oxygen atoms in total. The van der Waals surface area contributed by atoms with Crippen LogP contribution in [0.5, 0.6) is 5.75 Å². The molecule has 0 fully saturated rings. The maximum atomic E-state index is 12.5. The number of carbonyl (C=O) groups is 1. The van der Waals surface area contributed by atoms with E-state index in [9.17, 15) is 13.2 Å². The quantitative estimate of drug-likeness (QED) is 0.566. The van der Waals surface area contributed by atoms with E-state index in [-0.39, 0.29) is 27.1 Å². The fourth-order valence-corrected chi connectivity index (χ4v) is 4.03. The summed E-state index contributed by atoms with van der Waals surface area (Å²) < 4.78 is 32.6. The highest BCUT2D eigenvalue weighted by Crippen LogP contribution is 2.24. The van der Waals surface area contributed by atoms with Crippen molar-refractivity contribution in [3.05, 3.63) is 88.4 Å². The lowest BCUT2D eigenvalue weighted by molar-refractivity contribution is 0.0951. The van der Waals surface area contributed by atoms with Crippen LogP contribution in [-0.2, 0) is 16.6 Å². The average molecular weight is 445 g/mol. The number of carbonyl (C=O) groups excluding carboxylic acids is 1. The number of sulfonamides is 1. The smallest absolute Gasteiger partial charge is 0.261 e. The number of rotatable bonds is 7. The van der Waals surface area contributed by atoms with E-state index in [1.807, 2.05) is 31.2 Å². The van der Waals surface area contributed by atoms with Gasteiger partial charge in [-0.25, -0.2) is 8.42 Å². The van der Waals surface area contributed by atoms with Crippen LogP contribution in [-0.4, -0.2) is 21.4 Å². The second-order valence-electron chi connectivity index (χ2n) is 6.64. The second-order valence-corrected chi connectivity index (χ2v) is 8.73. The number of anilines is 1. The highest BCUT2D eigenvalue weighted by molar-refractivity contribution is 7.92. The molecule has 156 valence electrons. The lowest BCUT2D eigenvalue weighted by atomic mass is 10.1. The molecule has 0 heterocycles. The van der Waals surface area contributed by atoms with E-state index in [1.165, 1.54) is 37.4 Å². The minimum Gasteiger partial charge on any atom is -0.497 e. The summed E-state index contributed by atoms with van der Waals surface area (Å²) in [6.07, 6.45) is 0. The molecule has 0 spiro atoms. The summed E-state index contributed by atoms with van der Waals surface area (Å²) >= 11 is 6.23. The Bertz CT molecular complexity index is 1140. The molecule has 0 bridgehead atoms. The molecule has 3 aromatic rings. The fraction of sp³-hybridized carbons (Fsp3) is 0.136. The van der Waals surface area contributed by atoms with Crippen molar-refractivity contribution in [1.82, 2.24) is 5.32 Å². The summed E-state index contributed by atoms with van der Waals surface area (Å²) in [6, 6.07) is 18.2. The Morgan fingerprint density at radius 2 is 1.67 bits per heavy atom. The topological polar surface area (TPSA) is 84.5 Å². The number of hydrogen-bond donors (Lipinski definition) is 2. The van der Waals surface area contributed by atoms with Crippen LogP contribution in [0, 0.1) is 6.92 Å². The molecule has 0 atom stereocenters. The van der Waals surface area contributed by atoms with Crippen LogP contribution < -0.4 is 14.8 Å². The molecular formula is C22H21ClN2O4S. The van der Waals surface area contributed by atoms with E-state index in [1.54, 1.807) is 12.1 Å². The van der Waals surface area contributed by atoms with Crippen LogP contribution in [0.2, 0.25) is 5.02 Å². The van der Waals surface area contributed by atoms with Crippen molar-refractivity contribution in [3.63, 3.8) is 0 Å². The molecule has 0 aliphatic rings. The predicted octanol–water partition coefficient (Wildman–Crippen LogP) is 4.39. The van der Waals surface area contributed by atoms with Crippen LogP contribution in [0.3, 0.4) is 0 Å². The summed E-state index contributed by atoms with van der Waals surface area (Å²) in [6.45, 7) is 2.36. The van der Waals surface area contributed by atoms with Crippen molar-refractivity contribution in [3.8, 4) is 5.75 Å². The Morgan fingerprint density at radius 3 is 2.27 bits per heavy atom. The molecule has 0 saturated carbocycles. The van der Waals surface area contributed by atoms with Crippen molar-refractivity contribution in [2.75, 3.05) is 11.8 Å². The van der Waals surface area contributed by atoms with Gasteiger partial charge in [0.1, 0.15) is 5.75 Å². The van der Waals surface area contributed by atoms with Gasteiger partial charge in [-0.15, -0.1) is 0 Å². The number of hydrogen-bond acceptors (Lipinski definition) is 4. The Balaban J connectivity index is 1.69. The number of benzene rings is 3. The molecule has 30 heavy (non-hydrogen) atoms. The fourth-order valence-electron chi connectivity index (χ4n) is 2.72. The number of ether oxygens (including phenoxy) is 1. The SMILES string of the molecule is COc1ccc(S(=O)(=O)Nc2ccc(C(=O)NCc3ccc(C)cc3)c(Cl)c2)cc1. The van der Waals surface area contributed by atoms with E-state index in [0.717, 1.165) is 11.1 Å². The second kappa shape index (κ2) is 9.19. The van der Waals surface area contributed by atoms with Crippen molar-refractivity contribution >= 4 is 33.2 Å². The van der Waals surface area contributed by atoms with E-state index < -0.39 is 10.0 Å². The molecule has 0 saturated heterocycles. The maximum absolute atomic E-state index is 12.5. The zero-order chi connectivity index (χ0) is 21.7. The summed E-state index contributed by atoms with van der Waals surface area (Å²) in [5.41, 5.74) is 2.62. The van der Waals surface area contributed by atoms with Gasteiger partial charge in [-0.05, 0) is 55.0 Å². The first-order chi connectivity index (χ1) is 14.3. The van der Waals surface area contributed by atoms with Crippen molar-refractivity contribution in [1.29, 1.82) is 0 Å². The van der Waals surface area contributed by atoms with Crippen LogP contribution in [0.25, 0.3) is 0 Å². The summed E-state index contributed by atoms with van der Waals surface area (Å²) in [7, 11) is -2.30. The maximum Gasteiger partial charge on any atom is 0.261 e. The molecule has 3 aromatic carbocycles. The predicted molar refractivity (Wildman–Crippen MR) is 118 cm³/mol. The Labute approximate surface area is 180 Å². The molecule has 0 aromatic heterocycles. The average Bonchev–Trinajstić information content (AvgIpc) is 2.73. The molecule has 8 heteroatoms. The van der Waals surface area contributed by atoms with Crippen molar-refractivity contribution in [2.45, 2.75) is 18.4 Å². The van der Waals surface area contributed by atoms with Gasteiger partial charge in [0.15, 0.2) is 0 Å². The van der Waals surface area contributed by atoms with Crippen LogP contribution in [0.15, 0.2) is 71.6 Å². The minimum absolute atomic E-state index is 0.0827. The molecule has 1 amide bonds. The first kappa shape index (κ1) is 21.7. The van der Waals surface area contributed by atoms with Gasteiger partial charge in [-0.3, -0.25) is 9.52 Å². The van der Waals surface area contributed by atoms with Crippen molar-refractivity contribution in [2.24, 2.45) is 0 Å². The standard InChI is InChI=1S/C22H21ClN2O4S/c1-15-3-5-16(6-4-15)14-24-22(26)20-12-7-17(13-21(20)23)25-30(27,28)19-10-8-18(29-2)9-11-19/h3-13,25H,14H2,1-2H3,(H,24,26). The summed E-state index contributed by atoms with van der Waals surface area (Å²) in [5, 5.41) is 2.95. The Morgan fingerprint density at radius 1 is 1.00 bits per heavy atom. The third-order valence-corrected chi connectivity index (χ3v) is 6.12. The molecule has 0 aliphatic carbocycles. The Hall–Kier alpha value is -3.03. The molecule has 0 radical (unpaired) electrons. The van der Waals surface area contributed by atoms with Gasteiger partial charge in [-0.2, -0.15) is 0 Å². The number of aryl methyl sites for hydroxylation is 1. The van der Waals surface area contributed by atoms with Gasteiger partial charge < -0.3 is 10.1 Å². The third-order valence-electron chi connectivity index (χ3n) is 4.41. The van der Waals surface area contributed by atoms with E-state index >= 15 is 0 Å². The van der Waals surface area contributed by atoms with Gasteiger partial charge in [0, 0.05) is 6.54 Å². The highest BCUT2D eigenvalue weighted by Gasteiger charge is 2.16. The minimum atomic E-state index is -3.80. The number of halogens is 1. The molecule has 0 unspecified atom stereocenters. The molecule has 3 rings (SSSR count). The van der Waals surface area contributed by atoms with Crippen LogP contribution in [0.1, 0.15) is 21.5 Å². The van der Waals surface area contributed by atoms with E-state index in [2.05, 4.69) is 10.0 Å². The Kier molecular flexibility index (Phi) is 6.64. The lowest BCUT2D eigenvalue weighted by Gasteiger charge is -2.11. The normalized spacial score (nSPS) is 11.0. The van der Waals surface area contributed by atoms with Gasteiger partial charge >= 0.3 is 0 Å². The first-order valence-corrected chi connectivity index (χ1v) is 10.9. The lowest BCUT2D eigenvalue weighted by Crippen LogP contribution is -2.23. The van der Waals surface area contributed by atoms with Gasteiger partial charge in [0.25, 0.3) is 15.9 Å². The largest absolute Gasteiger partial charge is 0.497 e. The summed E-state index contributed by atoms with van der Waals surface area (Å²) in [5.74, 6) is 0.211. The highest BCUT2D eigenvalue weighted by atomic mass is 35.5.